The summed E-state index contributed by atoms with van der Waals surface area (Å²) in [6.07, 6.45) is 5.06. The molecule has 1 amide bonds. The molecule has 7 nitrogen and oxygen atoms in total. The molecule has 3 aromatic rings. The second-order valence-electron chi connectivity index (χ2n) is 5.63. The van der Waals surface area contributed by atoms with Gasteiger partial charge in [0.25, 0.3) is 5.91 Å². The molecule has 1 aromatic carbocycles. The number of nitrogens with one attached hydrogen (secondary N) is 2. The number of hydrogen-bond acceptors (Lipinski definition) is 6. The third kappa shape index (κ3) is 4.52. The fourth-order valence-corrected chi connectivity index (χ4v) is 2.53. The summed E-state index contributed by atoms with van der Waals surface area (Å²) >= 11 is 0. The molecule has 0 fully saturated rings. The zero-order chi connectivity index (χ0) is 19.1. The minimum Gasteiger partial charge on any atom is -0.493 e. The summed E-state index contributed by atoms with van der Waals surface area (Å²) < 4.78 is 10.7. The minimum atomic E-state index is -0.299. The van der Waals surface area contributed by atoms with Crippen molar-refractivity contribution in [1.82, 2.24) is 9.97 Å². The van der Waals surface area contributed by atoms with E-state index in [0.717, 1.165) is 5.56 Å². The number of aromatic nitrogens is 2. The molecule has 2 aromatic heterocycles. The summed E-state index contributed by atoms with van der Waals surface area (Å²) in [5, 5.41) is 6.07. The molecule has 138 valence electrons. The first-order valence-corrected chi connectivity index (χ1v) is 8.32. The molecule has 0 unspecified atom stereocenters. The largest absolute Gasteiger partial charge is 0.493 e. The van der Waals surface area contributed by atoms with Crippen LogP contribution in [0.25, 0.3) is 0 Å². The number of pyridine rings is 2. The lowest BCUT2D eigenvalue weighted by Gasteiger charge is -2.16. The maximum absolute atomic E-state index is 12.8. The molecular weight excluding hydrogens is 344 g/mol. The normalized spacial score (nSPS) is 10.1. The van der Waals surface area contributed by atoms with Gasteiger partial charge in [-0.1, -0.05) is 6.07 Å². The lowest BCUT2D eigenvalue weighted by atomic mass is 10.1. The molecule has 0 radical (unpaired) electrons. The fourth-order valence-electron chi connectivity index (χ4n) is 2.53. The van der Waals surface area contributed by atoms with Crippen LogP contribution in [0, 0.1) is 0 Å². The molecular formula is C20H20N4O3. The number of nitrogens with zero attached hydrogens (tertiary/aromatic N) is 2. The van der Waals surface area contributed by atoms with Crippen molar-refractivity contribution in [2.75, 3.05) is 24.9 Å². The highest BCUT2D eigenvalue weighted by Gasteiger charge is 2.17. The summed E-state index contributed by atoms with van der Waals surface area (Å²) in [5.41, 5.74) is 2.08. The third-order valence-electron chi connectivity index (χ3n) is 3.91. The Morgan fingerprint density at radius 2 is 1.74 bits per heavy atom. The van der Waals surface area contributed by atoms with E-state index in [-0.39, 0.29) is 5.91 Å². The second-order valence-corrected chi connectivity index (χ2v) is 5.63. The lowest BCUT2D eigenvalue weighted by Crippen LogP contribution is -2.16. The van der Waals surface area contributed by atoms with Gasteiger partial charge in [0.2, 0.25) is 0 Å². The van der Waals surface area contributed by atoms with E-state index in [1.807, 2.05) is 12.1 Å². The van der Waals surface area contributed by atoms with Gasteiger partial charge in [0.05, 0.1) is 25.5 Å². The van der Waals surface area contributed by atoms with E-state index in [1.165, 1.54) is 7.11 Å². The van der Waals surface area contributed by atoms with Gasteiger partial charge in [-0.3, -0.25) is 9.78 Å². The van der Waals surface area contributed by atoms with Crippen molar-refractivity contribution >= 4 is 17.4 Å². The monoisotopic (exact) mass is 364 g/mol. The second kappa shape index (κ2) is 8.66. The molecule has 0 aliphatic heterocycles. The van der Waals surface area contributed by atoms with Gasteiger partial charge in [-0.15, -0.1) is 0 Å². The molecule has 0 atom stereocenters. The van der Waals surface area contributed by atoms with Gasteiger partial charge in [-0.2, -0.15) is 0 Å². The number of amides is 1. The van der Waals surface area contributed by atoms with E-state index in [0.29, 0.717) is 35.1 Å². The standard InChI is InChI=1S/C20H20N4O3/c1-26-17-11-15(20(25)24-19-5-3-4-8-22-19)16(12-18(17)27-2)23-13-14-6-9-21-10-7-14/h3-12,23H,13H2,1-2H3,(H,22,24,25). The molecule has 0 saturated carbocycles. The van der Waals surface area contributed by atoms with Gasteiger partial charge >= 0.3 is 0 Å². The number of benzene rings is 1. The van der Waals surface area contributed by atoms with E-state index in [4.69, 9.17) is 9.47 Å². The van der Waals surface area contributed by atoms with Crippen molar-refractivity contribution < 1.29 is 14.3 Å². The van der Waals surface area contributed by atoms with Crippen molar-refractivity contribution in [2.24, 2.45) is 0 Å². The average molecular weight is 364 g/mol. The zero-order valence-electron chi connectivity index (χ0n) is 15.1. The number of anilines is 2. The van der Waals surface area contributed by atoms with Crippen LogP contribution in [0.4, 0.5) is 11.5 Å². The molecule has 0 saturated heterocycles. The van der Waals surface area contributed by atoms with Crippen LogP contribution in [-0.4, -0.2) is 30.1 Å². The van der Waals surface area contributed by atoms with Crippen LogP contribution in [0.1, 0.15) is 15.9 Å². The zero-order valence-corrected chi connectivity index (χ0v) is 15.1. The maximum Gasteiger partial charge on any atom is 0.259 e. The van der Waals surface area contributed by atoms with E-state index in [9.17, 15) is 4.79 Å². The van der Waals surface area contributed by atoms with Crippen LogP contribution in [0.15, 0.2) is 61.1 Å². The Kier molecular flexibility index (Phi) is 5.84. The van der Waals surface area contributed by atoms with Crippen LogP contribution < -0.4 is 20.1 Å². The van der Waals surface area contributed by atoms with Gasteiger partial charge < -0.3 is 20.1 Å². The van der Waals surface area contributed by atoms with E-state index in [1.54, 1.807) is 56.0 Å². The maximum atomic E-state index is 12.8. The Morgan fingerprint density at radius 3 is 2.41 bits per heavy atom. The van der Waals surface area contributed by atoms with Crippen molar-refractivity contribution in [3.63, 3.8) is 0 Å². The molecule has 27 heavy (non-hydrogen) atoms. The first kappa shape index (κ1) is 18.2. The SMILES string of the molecule is COc1cc(NCc2ccncc2)c(C(=O)Nc2ccccn2)cc1OC. The first-order valence-electron chi connectivity index (χ1n) is 8.32. The summed E-state index contributed by atoms with van der Waals surface area (Å²) in [6, 6.07) is 12.5. The van der Waals surface area contributed by atoms with Gasteiger partial charge in [-0.05, 0) is 35.9 Å². The Balaban J connectivity index is 1.90. The van der Waals surface area contributed by atoms with Crippen molar-refractivity contribution in [3.8, 4) is 11.5 Å². The van der Waals surface area contributed by atoms with Crippen LogP contribution in [-0.2, 0) is 6.54 Å². The van der Waals surface area contributed by atoms with Gasteiger partial charge in [0.15, 0.2) is 11.5 Å². The number of carbonyl (C=O) groups is 1. The molecule has 0 bridgehead atoms. The van der Waals surface area contributed by atoms with Crippen LogP contribution in [0.2, 0.25) is 0 Å². The Bertz CT molecular complexity index is 902. The molecule has 7 heteroatoms. The number of hydrogen-bond donors (Lipinski definition) is 2. The van der Waals surface area contributed by atoms with Crippen LogP contribution in [0.5, 0.6) is 11.5 Å². The predicted molar refractivity (Wildman–Crippen MR) is 103 cm³/mol. The minimum absolute atomic E-state index is 0.299. The Hall–Kier alpha value is -3.61. The Labute approximate surface area is 157 Å². The lowest BCUT2D eigenvalue weighted by molar-refractivity contribution is 0.102. The average Bonchev–Trinajstić information content (AvgIpc) is 2.73. The van der Waals surface area contributed by atoms with Gasteiger partial charge in [0.1, 0.15) is 5.82 Å². The topological polar surface area (TPSA) is 85.4 Å². The molecule has 2 N–H and O–H groups in total. The summed E-state index contributed by atoms with van der Waals surface area (Å²) in [4.78, 5) is 21.0. The molecule has 3 rings (SSSR count). The first-order chi connectivity index (χ1) is 13.2. The predicted octanol–water partition coefficient (Wildman–Crippen LogP) is 3.36. The molecule has 2 heterocycles. The number of rotatable bonds is 7. The number of carbonyl (C=O) groups excluding carboxylic acids is 1. The van der Waals surface area contributed by atoms with Crippen molar-refractivity contribution in [1.29, 1.82) is 0 Å². The molecule has 0 aliphatic rings. The quantitative estimate of drug-likeness (QED) is 0.669. The van der Waals surface area contributed by atoms with E-state index >= 15 is 0 Å². The fraction of sp³-hybridized carbons (Fsp3) is 0.150. The smallest absolute Gasteiger partial charge is 0.259 e. The summed E-state index contributed by atoms with van der Waals surface area (Å²) in [5.74, 6) is 1.17. The highest BCUT2D eigenvalue weighted by molar-refractivity contribution is 6.08. The summed E-state index contributed by atoms with van der Waals surface area (Å²) in [7, 11) is 3.08. The highest BCUT2D eigenvalue weighted by Crippen LogP contribution is 2.34. The van der Waals surface area contributed by atoms with Crippen molar-refractivity contribution in [2.45, 2.75) is 6.54 Å². The van der Waals surface area contributed by atoms with Gasteiger partial charge in [-0.25, -0.2) is 4.98 Å². The molecule has 0 aliphatic carbocycles. The third-order valence-corrected chi connectivity index (χ3v) is 3.91. The summed E-state index contributed by atoms with van der Waals surface area (Å²) in [6.45, 7) is 0.530. The van der Waals surface area contributed by atoms with E-state index < -0.39 is 0 Å². The van der Waals surface area contributed by atoms with Crippen molar-refractivity contribution in [3.05, 3.63) is 72.2 Å². The number of ether oxygens (including phenoxy) is 2. The highest BCUT2D eigenvalue weighted by atomic mass is 16.5. The Morgan fingerprint density at radius 1 is 1.00 bits per heavy atom. The molecule has 0 spiro atoms. The van der Waals surface area contributed by atoms with E-state index in [2.05, 4.69) is 20.6 Å². The van der Waals surface area contributed by atoms with Crippen LogP contribution >= 0.6 is 0 Å². The van der Waals surface area contributed by atoms with Gasteiger partial charge in [0, 0.05) is 31.2 Å². The van der Waals surface area contributed by atoms with Crippen LogP contribution in [0.3, 0.4) is 0 Å². The number of methoxy groups -OCH3 is 2.